The van der Waals surface area contributed by atoms with Crippen molar-refractivity contribution >= 4 is 11.0 Å². The molecular weight excluding hydrogens is 250 g/mol. The minimum Gasteiger partial charge on any atom is -0.392 e. The van der Waals surface area contributed by atoms with Gasteiger partial charge in [0.15, 0.2) is 0 Å². The van der Waals surface area contributed by atoms with Gasteiger partial charge >= 0.3 is 0 Å². The lowest BCUT2D eigenvalue weighted by molar-refractivity contribution is -0.0758. The average Bonchev–Trinajstić information content (AvgIpc) is 2.76. The number of fused-ring (bicyclic) bond motifs is 1. The van der Waals surface area contributed by atoms with Crippen LogP contribution in [0.5, 0.6) is 0 Å². The van der Waals surface area contributed by atoms with Gasteiger partial charge < -0.3 is 15.0 Å². The molecule has 4 nitrogen and oxygen atoms in total. The van der Waals surface area contributed by atoms with Gasteiger partial charge in [-0.2, -0.15) is 0 Å². The van der Waals surface area contributed by atoms with Gasteiger partial charge in [-0.05, 0) is 25.5 Å². The molecule has 1 aromatic heterocycles. The molecule has 1 saturated carbocycles. The first-order valence-corrected chi connectivity index (χ1v) is 7.26. The topological polar surface area (TPSA) is 50.1 Å². The van der Waals surface area contributed by atoms with Gasteiger partial charge in [0.2, 0.25) is 0 Å². The number of hydrogen-bond donors (Lipinski definition) is 2. The first kappa shape index (κ1) is 13.6. The lowest BCUT2D eigenvalue weighted by Crippen LogP contribution is -2.60. The summed E-state index contributed by atoms with van der Waals surface area (Å²) >= 11 is 0. The number of aliphatic hydroxyl groups excluding tert-OH is 1. The standard InChI is InChI=1S/C16H23N3O/c1-10(17-13-9-14(20)16(13,2)3)15-18-11-7-5-6-8-12(11)19(15)4/h5-8,10,13-14,17,20H,9H2,1-4H3. The summed E-state index contributed by atoms with van der Waals surface area (Å²) in [6, 6.07) is 8.70. The summed E-state index contributed by atoms with van der Waals surface area (Å²) in [4.78, 5) is 4.73. The van der Waals surface area contributed by atoms with Crippen LogP contribution in [-0.4, -0.2) is 26.8 Å². The lowest BCUT2D eigenvalue weighted by atomic mass is 9.64. The van der Waals surface area contributed by atoms with Gasteiger partial charge in [-0.25, -0.2) is 4.98 Å². The van der Waals surface area contributed by atoms with E-state index in [1.807, 2.05) is 18.2 Å². The smallest absolute Gasteiger partial charge is 0.126 e. The van der Waals surface area contributed by atoms with Crippen LogP contribution in [-0.2, 0) is 7.05 Å². The molecule has 1 aliphatic rings. The van der Waals surface area contributed by atoms with Gasteiger partial charge in [-0.15, -0.1) is 0 Å². The predicted octanol–water partition coefficient (Wildman–Crippen LogP) is 2.38. The van der Waals surface area contributed by atoms with Gasteiger partial charge in [0.05, 0.1) is 23.2 Å². The molecule has 108 valence electrons. The summed E-state index contributed by atoms with van der Waals surface area (Å²) < 4.78 is 2.15. The number of hydrogen-bond acceptors (Lipinski definition) is 3. The van der Waals surface area contributed by atoms with E-state index in [0.29, 0.717) is 6.04 Å². The van der Waals surface area contributed by atoms with E-state index in [2.05, 4.69) is 43.8 Å². The maximum absolute atomic E-state index is 9.84. The molecule has 0 radical (unpaired) electrons. The van der Waals surface area contributed by atoms with E-state index in [1.54, 1.807) is 0 Å². The van der Waals surface area contributed by atoms with Crippen molar-refractivity contribution in [1.29, 1.82) is 0 Å². The highest BCUT2D eigenvalue weighted by molar-refractivity contribution is 5.75. The fraction of sp³-hybridized carbons (Fsp3) is 0.562. The Balaban J connectivity index is 1.83. The van der Waals surface area contributed by atoms with Crippen LogP contribution < -0.4 is 5.32 Å². The van der Waals surface area contributed by atoms with Crippen LogP contribution in [0.15, 0.2) is 24.3 Å². The molecule has 0 aliphatic heterocycles. The van der Waals surface area contributed by atoms with Crippen molar-refractivity contribution in [2.75, 3.05) is 0 Å². The fourth-order valence-corrected chi connectivity index (χ4v) is 3.11. The third-order valence-electron chi connectivity index (χ3n) is 4.88. The zero-order valence-corrected chi connectivity index (χ0v) is 12.6. The van der Waals surface area contributed by atoms with Crippen molar-refractivity contribution in [2.24, 2.45) is 12.5 Å². The van der Waals surface area contributed by atoms with Crippen molar-refractivity contribution < 1.29 is 5.11 Å². The third kappa shape index (κ3) is 1.95. The zero-order valence-electron chi connectivity index (χ0n) is 12.6. The molecule has 0 saturated heterocycles. The first-order chi connectivity index (χ1) is 9.41. The molecule has 2 aromatic rings. The van der Waals surface area contributed by atoms with Crippen LogP contribution in [0.2, 0.25) is 0 Å². The summed E-state index contributed by atoms with van der Waals surface area (Å²) in [6.07, 6.45) is 0.619. The molecule has 4 heteroatoms. The van der Waals surface area contributed by atoms with Gasteiger partial charge in [0.25, 0.3) is 0 Å². The van der Waals surface area contributed by atoms with Crippen molar-refractivity contribution in [3.8, 4) is 0 Å². The molecular formula is C16H23N3O. The molecule has 3 rings (SSSR count). The Labute approximate surface area is 119 Å². The number of aromatic nitrogens is 2. The van der Waals surface area contributed by atoms with Crippen LogP contribution in [0.25, 0.3) is 11.0 Å². The molecule has 0 spiro atoms. The second-order valence-electron chi connectivity index (χ2n) is 6.53. The Hall–Kier alpha value is -1.39. The zero-order chi connectivity index (χ0) is 14.5. The predicted molar refractivity (Wildman–Crippen MR) is 80.5 cm³/mol. The van der Waals surface area contributed by atoms with Gasteiger partial charge in [-0.3, -0.25) is 0 Å². The maximum Gasteiger partial charge on any atom is 0.126 e. The number of aryl methyl sites for hydroxylation is 1. The molecule has 2 N–H and O–H groups in total. The van der Waals surface area contributed by atoms with Crippen LogP contribution >= 0.6 is 0 Å². The normalized spacial score (nSPS) is 26.4. The largest absolute Gasteiger partial charge is 0.392 e. The summed E-state index contributed by atoms with van der Waals surface area (Å²) in [6.45, 7) is 6.36. The van der Waals surface area contributed by atoms with Crippen molar-refractivity contribution in [3.63, 3.8) is 0 Å². The van der Waals surface area contributed by atoms with Crippen LogP contribution in [0.1, 0.15) is 39.1 Å². The van der Waals surface area contributed by atoms with E-state index < -0.39 is 0 Å². The number of aliphatic hydroxyl groups is 1. The number of rotatable bonds is 3. The molecule has 3 atom stereocenters. The molecule has 3 unspecified atom stereocenters. The van der Waals surface area contributed by atoms with E-state index in [0.717, 1.165) is 23.3 Å². The van der Waals surface area contributed by atoms with E-state index in [-0.39, 0.29) is 17.6 Å². The Kier molecular flexibility index (Phi) is 3.10. The van der Waals surface area contributed by atoms with Gasteiger partial charge in [-0.1, -0.05) is 26.0 Å². The Morgan fingerprint density at radius 1 is 1.40 bits per heavy atom. The van der Waals surface area contributed by atoms with E-state index in [4.69, 9.17) is 4.98 Å². The number of para-hydroxylation sites is 2. The molecule has 1 aliphatic carbocycles. The third-order valence-corrected chi connectivity index (χ3v) is 4.88. The van der Waals surface area contributed by atoms with Gasteiger partial charge in [0, 0.05) is 18.5 Å². The highest BCUT2D eigenvalue weighted by Crippen LogP contribution is 2.41. The molecule has 0 amide bonds. The van der Waals surface area contributed by atoms with E-state index >= 15 is 0 Å². The minimum atomic E-state index is -0.201. The Morgan fingerprint density at radius 2 is 2.10 bits per heavy atom. The highest BCUT2D eigenvalue weighted by Gasteiger charge is 2.47. The number of benzene rings is 1. The molecule has 20 heavy (non-hydrogen) atoms. The minimum absolute atomic E-state index is 0.0567. The monoisotopic (exact) mass is 273 g/mol. The average molecular weight is 273 g/mol. The Morgan fingerprint density at radius 3 is 2.70 bits per heavy atom. The molecule has 1 heterocycles. The number of nitrogens with zero attached hydrogens (tertiary/aromatic N) is 2. The summed E-state index contributed by atoms with van der Waals surface area (Å²) in [5.74, 6) is 1.04. The summed E-state index contributed by atoms with van der Waals surface area (Å²) in [5, 5.41) is 13.4. The van der Waals surface area contributed by atoms with E-state index in [9.17, 15) is 5.11 Å². The van der Waals surface area contributed by atoms with Crippen molar-refractivity contribution in [2.45, 2.75) is 45.4 Å². The summed E-state index contributed by atoms with van der Waals surface area (Å²) in [7, 11) is 2.06. The van der Waals surface area contributed by atoms with Crippen LogP contribution in [0.4, 0.5) is 0 Å². The molecule has 0 bridgehead atoms. The molecule has 1 fully saturated rings. The maximum atomic E-state index is 9.84. The van der Waals surface area contributed by atoms with Crippen molar-refractivity contribution in [3.05, 3.63) is 30.1 Å². The first-order valence-electron chi connectivity index (χ1n) is 7.26. The second kappa shape index (κ2) is 4.57. The number of nitrogens with one attached hydrogen (secondary N) is 1. The lowest BCUT2D eigenvalue weighted by Gasteiger charge is -2.50. The van der Waals surface area contributed by atoms with Crippen LogP contribution in [0.3, 0.4) is 0 Å². The van der Waals surface area contributed by atoms with Gasteiger partial charge in [0.1, 0.15) is 5.82 Å². The molecule has 1 aromatic carbocycles. The number of imidazole rings is 1. The quantitative estimate of drug-likeness (QED) is 0.902. The SMILES string of the molecule is CC(NC1CC(O)C1(C)C)c1nc2ccccc2n1C. The summed E-state index contributed by atoms with van der Waals surface area (Å²) in [5.41, 5.74) is 2.13. The van der Waals surface area contributed by atoms with E-state index in [1.165, 1.54) is 0 Å². The van der Waals surface area contributed by atoms with Crippen LogP contribution in [0, 0.1) is 5.41 Å². The second-order valence-corrected chi connectivity index (χ2v) is 6.53. The fourth-order valence-electron chi connectivity index (χ4n) is 3.11. The highest BCUT2D eigenvalue weighted by atomic mass is 16.3. The Bertz CT molecular complexity index is 632. The van der Waals surface area contributed by atoms with Crippen molar-refractivity contribution in [1.82, 2.24) is 14.9 Å².